The molecule has 0 radical (unpaired) electrons. The van der Waals surface area contributed by atoms with Crippen LogP contribution in [-0.4, -0.2) is 68.7 Å². The molecule has 7 nitrogen and oxygen atoms in total. The summed E-state index contributed by atoms with van der Waals surface area (Å²) in [7, 11) is -1.51. The number of hydrogen-bond acceptors (Lipinski definition) is 5. The number of halogens is 1. The zero-order valence-electron chi connectivity index (χ0n) is 23.4. The van der Waals surface area contributed by atoms with Gasteiger partial charge in [-0.05, 0) is 86.7 Å². The molecule has 2 aromatic rings. The molecule has 0 aliphatic carbocycles. The van der Waals surface area contributed by atoms with Crippen LogP contribution in [0.4, 0.5) is 9.80 Å². The van der Waals surface area contributed by atoms with Gasteiger partial charge in [0.15, 0.2) is 0 Å². The first kappa shape index (κ1) is 29.2. The Morgan fingerprint density at radius 3 is 2.59 bits per heavy atom. The number of ether oxygens (including phenoxy) is 2. The van der Waals surface area contributed by atoms with Crippen molar-refractivity contribution in [1.29, 1.82) is 0 Å². The first-order valence-corrected chi connectivity index (χ1v) is 16.8. The number of carbonyl (C=O) groups excluding carboxylic acids is 2. The monoisotopic (exact) mass is 556 g/mol. The fourth-order valence-corrected chi connectivity index (χ4v) is 8.82. The van der Waals surface area contributed by atoms with Gasteiger partial charge in [0.05, 0.1) is 38.4 Å². The fourth-order valence-electron chi connectivity index (χ4n) is 6.28. The van der Waals surface area contributed by atoms with E-state index in [1.54, 1.807) is 49.4 Å². The van der Waals surface area contributed by atoms with E-state index in [1.807, 2.05) is 31.2 Å². The molecular formula is C30H41FN2O5Si. The Bertz CT molecular complexity index is 1140. The summed E-state index contributed by atoms with van der Waals surface area (Å²) in [4.78, 5) is 27.5. The number of aliphatic hydroxyl groups is 1. The number of anilines is 1. The van der Waals surface area contributed by atoms with Crippen LogP contribution < -0.4 is 10.1 Å². The fraction of sp³-hybridized carbons (Fsp3) is 0.533. The number of benzene rings is 2. The van der Waals surface area contributed by atoms with E-state index < -0.39 is 14.5 Å². The van der Waals surface area contributed by atoms with Crippen LogP contribution in [0.3, 0.4) is 0 Å². The van der Waals surface area contributed by atoms with E-state index in [2.05, 4.69) is 5.32 Å². The van der Waals surface area contributed by atoms with E-state index in [0.29, 0.717) is 36.4 Å². The molecule has 39 heavy (non-hydrogen) atoms. The largest absolute Gasteiger partial charge is 0.497 e. The van der Waals surface area contributed by atoms with E-state index in [9.17, 15) is 14.7 Å². The van der Waals surface area contributed by atoms with Gasteiger partial charge in [0.2, 0.25) is 14.3 Å². The van der Waals surface area contributed by atoms with Crippen molar-refractivity contribution in [3.63, 3.8) is 0 Å². The highest BCUT2D eigenvalue weighted by molar-refractivity contribution is 6.72. The lowest BCUT2D eigenvalue weighted by molar-refractivity contribution is -0.135. The van der Waals surface area contributed by atoms with Gasteiger partial charge in [-0.25, -0.2) is 0 Å². The molecule has 0 aromatic heterocycles. The quantitative estimate of drug-likeness (QED) is 0.310. The topological polar surface area (TPSA) is 88.1 Å². The van der Waals surface area contributed by atoms with Gasteiger partial charge in [0.1, 0.15) is 5.75 Å². The van der Waals surface area contributed by atoms with Crippen LogP contribution in [0, 0.1) is 5.92 Å². The molecule has 2 amide bonds. The normalized spacial score (nSPS) is 25.1. The van der Waals surface area contributed by atoms with Crippen molar-refractivity contribution in [3.8, 4) is 5.75 Å². The summed E-state index contributed by atoms with van der Waals surface area (Å²) in [6.45, 7) is 6.06. The minimum Gasteiger partial charge on any atom is -0.497 e. The SMILES string of the molecule is COc1ccc(C(=O)Nc2cccc(CC[C@@H]3O[C@H](CC(=O)N4CCC[C@H]4CO)[C@@H]([Si](C)(C)F)[C@@H]3C)c2)cc1. The highest BCUT2D eigenvalue weighted by Gasteiger charge is 2.52. The summed E-state index contributed by atoms with van der Waals surface area (Å²) in [6, 6.07) is 14.5. The van der Waals surface area contributed by atoms with Crippen LogP contribution in [-0.2, 0) is 16.0 Å². The standard InChI is InChI=1S/C30H41FN2O5Si/c1-20-26(38-27(29(20)39(3,4)31)18-28(35)33-16-6-9-24(33)19-34)15-10-21-7-5-8-23(17-21)32-30(36)22-11-13-25(37-2)14-12-22/h5,7-8,11-14,17,20,24,26-27,29,34H,6,9-10,15-16,18-19H2,1-4H3,(H,32,36)/t20-,24+,26+,27-,29+/m1/s1. The van der Waals surface area contributed by atoms with Crippen molar-refractivity contribution >= 4 is 25.9 Å². The highest BCUT2D eigenvalue weighted by Crippen LogP contribution is 2.47. The van der Waals surface area contributed by atoms with Gasteiger partial charge in [-0.15, -0.1) is 0 Å². The molecule has 9 heteroatoms. The molecule has 2 N–H and O–H groups in total. The third-order valence-electron chi connectivity index (χ3n) is 8.23. The van der Waals surface area contributed by atoms with Crippen molar-refractivity contribution in [3.05, 3.63) is 59.7 Å². The Morgan fingerprint density at radius 1 is 1.18 bits per heavy atom. The molecule has 2 fully saturated rings. The van der Waals surface area contributed by atoms with Crippen LogP contribution in [0.25, 0.3) is 0 Å². The number of aliphatic hydroxyl groups excluding tert-OH is 1. The van der Waals surface area contributed by atoms with Crippen LogP contribution >= 0.6 is 0 Å². The molecule has 2 saturated heterocycles. The van der Waals surface area contributed by atoms with Crippen LogP contribution in [0.5, 0.6) is 5.75 Å². The molecule has 0 spiro atoms. The van der Waals surface area contributed by atoms with Gasteiger partial charge in [0.25, 0.3) is 5.91 Å². The molecular weight excluding hydrogens is 515 g/mol. The highest BCUT2D eigenvalue weighted by atomic mass is 28.4. The first-order valence-electron chi connectivity index (χ1n) is 13.9. The van der Waals surface area contributed by atoms with Gasteiger partial charge in [0, 0.05) is 23.3 Å². The van der Waals surface area contributed by atoms with Gasteiger partial charge >= 0.3 is 0 Å². The van der Waals surface area contributed by atoms with Crippen LogP contribution in [0.15, 0.2) is 48.5 Å². The number of hydrogen-bond donors (Lipinski definition) is 2. The van der Waals surface area contributed by atoms with E-state index in [4.69, 9.17) is 9.47 Å². The predicted octanol–water partition coefficient (Wildman–Crippen LogP) is 5.20. The predicted molar refractivity (Wildman–Crippen MR) is 152 cm³/mol. The summed E-state index contributed by atoms with van der Waals surface area (Å²) in [5, 5.41) is 12.6. The van der Waals surface area contributed by atoms with E-state index in [0.717, 1.165) is 18.4 Å². The molecule has 0 bridgehead atoms. The summed E-state index contributed by atoms with van der Waals surface area (Å²) < 4.78 is 27.1. The number of aryl methyl sites for hydroxylation is 1. The maximum Gasteiger partial charge on any atom is 0.255 e. The first-order chi connectivity index (χ1) is 18.6. The number of nitrogens with zero attached hydrogens (tertiary/aromatic N) is 1. The number of nitrogens with one attached hydrogen (secondary N) is 1. The summed E-state index contributed by atoms with van der Waals surface area (Å²) in [6.07, 6.45) is 2.66. The maximum absolute atomic E-state index is 15.5. The van der Waals surface area contributed by atoms with Gasteiger partial charge in [-0.1, -0.05) is 19.1 Å². The lowest BCUT2D eigenvalue weighted by atomic mass is 9.95. The van der Waals surface area contributed by atoms with Gasteiger partial charge < -0.3 is 28.9 Å². The molecule has 2 aliphatic rings. The second kappa shape index (κ2) is 12.6. The number of rotatable bonds is 10. The molecule has 0 unspecified atom stereocenters. The van der Waals surface area contributed by atoms with Crippen molar-refractivity contribution in [2.75, 3.05) is 25.6 Å². The smallest absolute Gasteiger partial charge is 0.255 e. The minimum atomic E-state index is -3.10. The number of methoxy groups -OCH3 is 1. The lowest BCUT2D eigenvalue weighted by Crippen LogP contribution is -2.42. The Balaban J connectivity index is 1.38. The number of amides is 2. The minimum absolute atomic E-state index is 0.000332. The average Bonchev–Trinajstić information content (AvgIpc) is 3.51. The summed E-state index contributed by atoms with van der Waals surface area (Å²) in [5.74, 6) is 0.442. The van der Waals surface area contributed by atoms with E-state index in [1.165, 1.54) is 0 Å². The van der Waals surface area contributed by atoms with Crippen LogP contribution in [0.1, 0.15) is 48.5 Å². The number of likely N-dealkylation sites (tertiary alicyclic amines) is 1. The van der Waals surface area contributed by atoms with Gasteiger partial charge in [-0.3, -0.25) is 9.59 Å². The zero-order chi connectivity index (χ0) is 28.2. The third kappa shape index (κ3) is 7.07. The van der Waals surface area contributed by atoms with Gasteiger partial charge in [-0.2, -0.15) is 0 Å². The third-order valence-corrected chi connectivity index (χ3v) is 10.7. The Hall–Kier alpha value is -2.75. The average molecular weight is 557 g/mol. The van der Waals surface area contributed by atoms with E-state index >= 15 is 4.11 Å². The maximum atomic E-state index is 15.5. The van der Waals surface area contributed by atoms with Crippen molar-refractivity contribution in [2.24, 2.45) is 5.92 Å². The van der Waals surface area contributed by atoms with Crippen LogP contribution in [0.2, 0.25) is 18.6 Å². The van der Waals surface area contributed by atoms with Crippen molar-refractivity contribution in [2.45, 2.75) is 75.9 Å². The Labute approximate surface area is 231 Å². The summed E-state index contributed by atoms with van der Waals surface area (Å²) >= 11 is 0. The van der Waals surface area contributed by atoms with Crippen molar-refractivity contribution in [1.82, 2.24) is 4.90 Å². The Morgan fingerprint density at radius 2 is 1.92 bits per heavy atom. The van der Waals surface area contributed by atoms with Crippen molar-refractivity contribution < 1.29 is 28.3 Å². The zero-order valence-corrected chi connectivity index (χ0v) is 24.4. The lowest BCUT2D eigenvalue weighted by Gasteiger charge is -2.30. The molecule has 5 atom stereocenters. The molecule has 2 aromatic carbocycles. The second-order valence-corrected chi connectivity index (χ2v) is 15.1. The molecule has 2 heterocycles. The Kier molecular flexibility index (Phi) is 9.46. The van der Waals surface area contributed by atoms with E-state index in [-0.39, 0.29) is 48.4 Å². The summed E-state index contributed by atoms with van der Waals surface area (Å²) in [5.41, 5.74) is 2.03. The molecule has 0 saturated carbocycles. The second-order valence-electron chi connectivity index (χ2n) is 11.4. The molecule has 4 rings (SSSR count). The molecule has 2 aliphatic heterocycles. The molecule has 212 valence electrons. The number of carbonyl (C=O) groups is 2.